The number of nitrogens with one attached hydrogen (secondary N) is 1. The fraction of sp³-hybridized carbons (Fsp3) is 0.560. The highest BCUT2D eigenvalue weighted by Crippen LogP contribution is 2.50. The van der Waals surface area contributed by atoms with Crippen molar-refractivity contribution >= 4 is 17.6 Å². The fourth-order valence-corrected chi connectivity index (χ4v) is 5.44. The third-order valence-electron chi connectivity index (χ3n) is 7.18. The molecule has 36 heavy (non-hydrogen) atoms. The largest absolute Gasteiger partial charge is 0.462 e. The van der Waals surface area contributed by atoms with Gasteiger partial charge in [-0.05, 0) is 57.1 Å². The Kier molecular flexibility index (Phi) is 7.20. The second kappa shape index (κ2) is 9.76. The summed E-state index contributed by atoms with van der Waals surface area (Å²) in [5, 5.41) is -0.279. The van der Waals surface area contributed by atoms with Crippen molar-refractivity contribution in [3.63, 3.8) is 0 Å². The number of carbonyl (C=O) groups is 1. The van der Waals surface area contributed by atoms with Gasteiger partial charge in [0.1, 0.15) is 10.6 Å². The number of aryl methyl sites for hydroxylation is 1. The Hall–Kier alpha value is -2.49. The van der Waals surface area contributed by atoms with E-state index < -0.39 is 35.3 Å². The fourth-order valence-electron chi connectivity index (χ4n) is 5.19. The molecule has 4 rings (SSSR count). The molecule has 11 heteroatoms. The standard InChI is InChI=1S/C25H26ClF5N2O3/c1-3-36-23(35)19-12(2)33-21(20(26)22(19)34)17-11-32-18(14-9-24(27,28)10-14)8-16(17)13-4-6-15(7-5-13)25(29,30)31/h8,11,13-15H,3-7,9-10H2,1-2H3,(H,33,34). The highest BCUT2D eigenvalue weighted by molar-refractivity contribution is 6.33. The van der Waals surface area contributed by atoms with Crippen LogP contribution in [-0.2, 0) is 4.74 Å². The van der Waals surface area contributed by atoms with Crippen LogP contribution in [0.2, 0.25) is 5.02 Å². The Morgan fingerprint density at radius 1 is 1.19 bits per heavy atom. The lowest BCUT2D eigenvalue weighted by Gasteiger charge is -2.35. The predicted octanol–water partition coefficient (Wildman–Crippen LogP) is 6.92. The Balaban J connectivity index is 1.77. The van der Waals surface area contributed by atoms with Gasteiger partial charge in [0.05, 0.1) is 18.2 Å². The Bertz CT molecular complexity index is 1210. The maximum absolute atomic E-state index is 13.5. The number of alkyl halides is 5. The molecule has 2 aromatic rings. The van der Waals surface area contributed by atoms with Crippen LogP contribution in [0.3, 0.4) is 0 Å². The quantitative estimate of drug-likeness (QED) is 0.335. The molecule has 2 aliphatic carbocycles. The van der Waals surface area contributed by atoms with Crippen LogP contribution in [0.1, 0.15) is 84.6 Å². The van der Waals surface area contributed by atoms with Crippen molar-refractivity contribution in [2.24, 2.45) is 5.92 Å². The number of halogens is 6. The normalized spacial score (nSPS) is 22.2. The summed E-state index contributed by atoms with van der Waals surface area (Å²) in [6.45, 7) is 3.18. The van der Waals surface area contributed by atoms with E-state index in [0.717, 1.165) is 0 Å². The maximum Gasteiger partial charge on any atom is 0.391 e. The summed E-state index contributed by atoms with van der Waals surface area (Å²) < 4.78 is 71.6. The molecule has 5 nitrogen and oxygen atoms in total. The number of aromatic nitrogens is 2. The van der Waals surface area contributed by atoms with E-state index in [0.29, 0.717) is 16.8 Å². The number of pyridine rings is 2. The third kappa shape index (κ3) is 5.14. The van der Waals surface area contributed by atoms with Crippen LogP contribution in [0.4, 0.5) is 22.0 Å². The van der Waals surface area contributed by atoms with Crippen LogP contribution < -0.4 is 5.43 Å². The van der Waals surface area contributed by atoms with Gasteiger partial charge < -0.3 is 9.72 Å². The topological polar surface area (TPSA) is 72.1 Å². The minimum absolute atomic E-state index is 0.0577. The first-order valence-corrected chi connectivity index (χ1v) is 12.2. The first-order chi connectivity index (χ1) is 16.8. The molecule has 2 fully saturated rings. The molecule has 0 saturated heterocycles. The molecule has 196 valence electrons. The number of rotatable bonds is 5. The number of carbonyl (C=O) groups excluding carboxylic acids is 1. The summed E-state index contributed by atoms with van der Waals surface area (Å²) >= 11 is 6.39. The van der Waals surface area contributed by atoms with E-state index in [2.05, 4.69) is 9.97 Å². The molecule has 0 atom stereocenters. The number of aromatic amines is 1. The zero-order valence-corrected chi connectivity index (χ0v) is 20.5. The van der Waals surface area contributed by atoms with E-state index in [4.69, 9.17) is 16.3 Å². The monoisotopic (exact) mass is 532 g/mol. The second-order valence-electron chi connectivity index (χ2n) is 9.61. The van der Waals surface area contributed by atoms with Crippen LogP contribution in [-0.4, -0.2) is 34.6 Å². The first-order valence-electron chi connectivity index (χ1n) is 11.9. The number of ether oxygens (including phenoxy) is 1. The van der Waals surface area contributed by atoms with Crippen molar-refractivity contribution in [1.29, 1.82) is 0 Å². The smallest absolute Gasteiger partial charge is 0.391 e. The van der Waals surface area contributed by atoms with E-state index >= 15 is 0 Å². The summed E-state index contributed by atoms with van der Waals surface area (Å²) in [4.78, 5) is 32.5. The molecule has 2 aliphatic rings. The van der Waals surface area contributed by atoms with Crippen LogP contribution in [0.5, 0.6) is 0 Å². The Labute approximate surface area is 209 Å². The van der Waals surface area contributed by atoms with E-state index in [1.807, 2.05) is 0 Å². The zero-order chi connectivity index (χ0) is 26.4. The zero-order valence-electron chi connectivity index (χ0n) is 19.8. The summed E-state index contributed by atoms with van der Waals surface area (Å²) in [6.07, 6.45) is -3.17. The summed E-state index contributed by atoms with van der Waals surface area (Å²) in [6, 6.07) is 1.66. The average Bonchev–Trinajstić information content (AvgIpc) is 2.79. The molecule has 0 spiro atoms. The van der Waals surface area contributed by atoms with Gasteiger partial charge in [-0.2, -0.15) is 13.2 Å². The lowest BCUT2D eigenvalue weighted by Crippen LogP contribution is -2.34. The summed E-state index contributed by atoms with van der Waals surface area (Å²) in [5.74, 6) is -5.73. The number of esters is 1. The van der Waals surface area contributed by atoms with E-state index in [-0.39, 0.29) is 73.0 Å². The highest BCUT2D eigenvalue weighted by Gasteiger charge is 2.47. The van der Waals surface area contributed by atoms with Gasteiger partial charge in [-0.25, -0.2) is 13.6 Å². The van der Waals surface area contributed by atoms with E-state index in [1.54, 1.807) is 13.0 Å². The minimum Gasteiger partial charge on any atom is -0.462 e. The second-order valence-corrected chi connectivity index (χ2v) is 9.99. The van der Waals surface area contributed by atoms with Crippen molar-refractivity contribution < 1.29 is 31.5 Å². The molecule has 2 saturated carbocycles. The van der Waals surface area contributed by atoms with Crippen molar-refractivity contribution in [3.8, 4) is 11.3 Å². The number of hydrogen-bond donors (Lipinski definition) is 1. The van der Waals surface area contributed by atoms with E-state index in [1.165, 1.54) is 13.1 Å². The molecule has 0 aliphatic heterocycles. The molecule has 0 bridgehead atoms. The van der Waals surface area contributed by atoms with Gasteiger partial charge >= 0.3 is 12.1 Å². The molecule has 2 aromatic heterocycles. The van der Waals surface area contributed by atoms with Crippen LogP contribution in [0.15, 0.2) is 17.1 Å². The molecule has 0 aromatic carbocycles. The lowest BCUT2D eigenvalue weighted by atomic mass is 9.74. The van der Waals surface area contributed by atoms with Crippen molar-refractivity contribution in [3.05, 3.63) is 50.0 Å². The maximum atomic E-state index is 13.5. The average molecular weight is 533 g/mol. The third-order valence-corrected chi connectivity index (χ3v) is 7.54. The van der Waals surface area contributed by atoms with Gasteiger partial charge in [0.2, 0.25) is 11.4 Å². The molecular weight excluding hydrogens is 507 g/mol. The SMILES string of the molecule is CCOC(=O)c1c(C)[nH]c(-c2cnc(C3CC(F)(F)C3)cc2C2CCC(C(F)(F)F)CC2)c(Cl)c1=O. The van der Waals surface area contributed by atoms with Crippen molar-refractivity contribution in [2.45, 2.75) is 76.3 Å². The molecular formula is C25H26ClF5N2O3. The number of H-pyrrole nitrogens is 1. The molecule has 0 amide bonds. The molecule has 2 heterocycles. The highest BCUT2D eigenvalue weighted by atomic mass is 35.5. The summed E-state index contributed by atoms with van der Waals surface area (Å²) in [7, 11) is 0. The van der Waals surface area contributed by atoms with Crippen molar-refractivity contribution in [1.82, 2.24) is 9.97 Å². The van der Waals surface area contributed by atoms with Gasteiger partial charge in [-0.1, -0.05) is 11.6 Å². The molecule has 0 radical (unpaired) electrons. The molecule has 1 N–H and O–H groups in total. The minimum atomic E-state index is -4.27. The van der Waals surface area contributed by atoms with E-state index in [9.17, 15) is 31.5 Å². The predicted molar refractivity (Wildman–Crippen MR) is 124 cm³/mol. The lowest BCUT2D eigenvalue weighted by molar-refractivity contribution is -0.182. The van der Waals surface area contributed by atoms with Crippen LogP contribution in [0.25, 0.3) is 11.3 Å². The van der Waals surface area contributed by atoms with Gasteiger partial charge in [-0.3, -0.25) is 9.78 Å². The first kappa shape index (κ1) is 26.6. The Morgan fingerprint density at radius 3 is 2.39 bits per heavy atom. The Morgan fingerprint density at radius 2 is 1.83 bits per heavy atom. The summed E-state index contributed by atoms with van der Waals surface area (Å²) in [5.41, 5.74) is 0.869. The van der Waals surface area contributed by atoms with Gasteiger partial charge in [0.25, 0.3) is 0 Å². The van der Waals surface area contributed by atoms with Gasteiger partial charge in [0, 0.05) is 41.9 Å². The van der Waals surface area contributed by atoms with Gasteiger partial charge in [-0.15, -0.1) is 0 Å². The number of hydrogen-bond acceptors (Lipinski definition) is 4. The van der Waals surface area contributed by atoms with Crippen LogP contribution in [0, 0.1) is 12.8 Å². The van der Waals surface area contributed by atoms with Gasteiger partial charge in [0.15, 0.2) is 0 Å². The van der Waals surface area contributed by atoms with Crippen LogP contribution >= 0.6 is 11.6 Å². The number of nitrogens with zero attached hydrogens (tertiary/aromatic N) is 1. The van der Waals surface area contributed by atoms with Crippen molar-refractivity contribution in [2.75, 3.05) is 6.61 Å². The molecule has 0 unspecified atom stereocenters.